The van der Waals surface area contributed by atoms with Gasteiger partial charge < -0.3 is 15.5 Å². The molecule has 3 rings (SSSR count). The van der Waals surface area contributed by atoms with Crippen molar-refractivity contribution in [3.63, 3.8) is 0 Å². The van der Waals surface area contributed by atoms with Gasteiger partial charge in [-0.05, 0) is 50.4 Å². The molecule has 3 fully saturated rings. The highest BCUT2D eigenvalue weighted by Gasteiger charge is 2.37. The van der Waals surface area contributed by atoms with E-state index < -0.39 is 0 Å². The van der Waals surface area contributed by atoms with Gasteiger partial charge in [0.25, 0.3) is 0 Å². The van der Waals surface area contributed by atoms with Gasteiger partial charge in [-0.15, -0.1) is 0 Å². The normalized spacial score (nSPS) is 28.6. The third kappa shape index (κ3) is 4.18. The fraction of sp³-hybridized carbons (Fsp3) is 0.889. The minimum Gasteiger partial charge on any atom is -0.354 e. The lowest BCUT2D eigenvalue weighted by Gasteiger charge is -2.43. The molecule has 3 amide bonds. The van der Waals surface area contributed by atoms with E-state index in [4.69, 9.17) is 0 Å². The molecule has 0 radical (unpaired) electrons. The molecule has 0 aromatic heterocycles. The lowest BCUT2D eigenvalue weighted by atomic mass is 9.74. The van der Waals surface area contributed by atoms with E-state index in [0.29, 0.717) is 5.41 Å². The van der Waals surface area contributed by atoms with Gasteiger partial charge in [0.1, 0.15) is 6.04 Å². The number of hydrogen-bond donors (Lipinski definition) is 2. The molecule has 0 aromatic rings. The van der Waals surface area contributed by atoms with Crippen molar-refractivity contribution in [1.29, 1.82) is 0 Å². The number of nitrogens with zero attached hydrogens (tertiary/aromatic N) is 1. The van der Waals surface area contributed by atoms with Gasteiger partial charge in [0.2, 0.25) is 5.91 Å². The number of carbonyl (C=O) groups excluding carboxylic acids is 2. The maximum atomic E-state index is 12.7. The van der Waals surface area contributed by atoms with Crippen LogP contribution in [0.1, 0.15) is 70.6 Å². The first-order valence-electron chi connectivity index (χ1n) is 9.52. The third-order valence-electron chi connectivity index (χ3n) is 5.95. The Morgan fingerprint density at radius 2 is 1.78 bits per heavy atom. The molecule has 2 N–H and O–H groups in total. The van der Waals surface area contributed by atoms with Gasteiger partial charge in [-0.2, -0.15) is 0 Å². The van der Waals surface area contributed by atoms with E-state index >= 15 is 0 Å². The zero-order valence-corrected chi connectivity index (χ0v) is 14.2. The zero-order valence-electron chi connectivity index (χ0n) is 14.2. The summed E-state index contributed by atoms with van der Waals surface area (Å²) in [7, 11) is 0. The Morgan fingerprint density at radius 3 is 2.57 bits per heavy atom. The molecule has 2 saturated heterocycles. The van der Waals surface area contributed by atoms with Crippen molar-refractivity contribution in [2.75, 3.05) is 19.6 Å². The largest absolute Gasteiger partial charge is 0.354 e. The van der Waals surface area contributed by atoms with Crippen LogP contribution < -0.4 is 10.6 Å². The summed E-state index contributed by atoms with van der Waals surface area (Å²) in [5, 5.41) is 5.89. The van der Waals surface area contributed by atoms with E-state index in [1.54, 1.807) is 0 Å². The van der Waals surface area contributed by atoms with Crippen LogP contribution in [-0.4, -0.2) is 42.5 Å². The summed E-state index contributed by atoms with van der Waals surface area (Å²) in [6, 6.07) is -0.382. The van der Waals surface area contributed by atoms with Crippen LogP contribution in [0, 0.1) is 5.41 Å². The predicted octanol–water partition coefficient (Wildman–Crippen LogP) is 2.80. The van der Waals surface area contributed by atoms with Gasteiger partial charge in [0.05, 0.1) is 0 Å². The summed E-state index contributed by atoms with van der Waals surface area (Å²) in [6.07, 6.45) is 13.0. The van der Waals surface area contributed by atoms with Crippen LogP contribution in [0.4, 0.5) is 4.79 Å². The van der Waals surface area contributed by atoms with Crippen LogP contribution >= 0.6 is 0 Å². The molecule has 1 saturated carbocycles. The van der Waals surface area contributed by atoms with E-state index in [1.807, 2.05) is 4.90 Å². The molecule has 1 atom stereocenters. The lowest BCUT2D eigenvalue weighted by Crippen LogP contribution is -2.54. The van der Waals surface area contributed by atoms with E-state index in [9.17, 15) is 9.59 Å². The molecule has 0 bridgehead atoms. The predicted molar refractivity (Wildman–Crippen MR) is 90.1 cm³/mol. The van der Waals surface area contributed by atoms with Crippen LogP contribution in [0.5, 0.6) is 0 Å². The topological polar surface area (TPSA) is 61.4 Å². The van der Waals surface area contributed by atoms with E-state index in [1.165, 1.54) is 44.9 Å². The van der Waals surface area contributed by atoms with Crippen molar-refractivity contribution in [3.8, 4) is 0 Å². The molecule has 130 valence electrons. The molecule has 1 aliphatic carbocycles. The number of urea groups is 1. The Balaban J connectivity index is 1.59. The van der Waals surface area contributed by atoms with Crippen LogP contribution in [-0.2, 0) is 4.79 Å². The number of likely N-dealkylation sites (tertiary alicyclic amines) is 1. The molecular weight excluding hydrogens is 290 g/mol. The second-order valence-electron chi connectivity index (χ2n) is 7.73. The van der Waals surface area contributed by atoms with E-state index in [0.717, 1.165) is 45.3 Å². The van der Waals surface area contributed by atoms with Crippen molar-refractivity contribution in [1.82, 2.24) is 15.5 Å². The molecule has 23 heavy (non-hydrogen) atoms. The fourth-order valence-electron chi connectivity index (χ4n) is 4.59. The summed E-state index contributed by atoms with van der Waals surface area (Å²) in [5.41, 5.74) is 0.345. The average molecular weight is 321 g/mol. The highest BCUT2D eigenvalue weighted by atomic mass is 16.2. The van der Waals surface area contributed by atoms with E-state index in [-0.39, 0.29) is 18.0 Å². The Labute approximate surface area is 139 Å². The lowest BCUT2D eigenvalue weighted by molar-refractivity contribution is -0.122. The van der Waals surface area contributed by atoms with Gasteiger partial charge in [-0.3, -0.25) is 4.79 Å². The molecule has 2 aliphatic heterocycles. The first-order chi connectivity index (χ1) is 11.2. The van der Waals surface area contributed by atoms with E-state index in [2.05, 4.69) is 10.6 Å². The standard InChI is InChI=1S/C18H31N3O2/c22-16-15(8-3-6-12-19-16)20-17(23)21-13-7-11-18(14-21)9-4-1-2-5-10-18/h15H,1-14H2,(H,19,22)(H,20,23)/t15-/m1/s1. The van der Waals surface area contributed by atoms with Gasteiger partial charge in [-0.25, -0.2) is 4.79 Å². The molecule has 2 heterocycles. The Kier molecular flexibility index (Phi) is 5.44. The van der Waals surface area contributed by atoms with Gasteiger partial charge in [0.15, 0.2) is 0 Å². The second-order valence-corrected chi connectivity index (χ2v) is 7.73. The van der Waals surface area contributed by atoms with Crippen molar-refractivity contribution < 1.29 is 9.59 Å². The van der Waals surface area contributed by atoms with Crippen LogP contribution in [0.15, 0.2) is 0 Å². The Morgan fingerprint density at radius 1 is 1.04 bits per heavy atom. The summed E-state index contributed by atoms with van der Waals surface area (Å²) in [4.78, 5) is 26.7. The number of piperidine rings is 1. The number of nitrogens with one attached hydrogen (secondary N) is 2. The Hall–Kier alpha value is -1.26. The quantitative estimate of drug-likeness (QED) is 0.780. The van der Waals surface area contributed by atoms with Crippen molar-refractivity contribution >= 4 is 11.9 Å². The molecule has 0 unspecified atom stereocenters. The number of carbonyl (C=O) groups is 2. The summed E-state index contributed by atoms with van der Waals surface area (Å²) < 4.78 is 0. The molecule has 1 spiro atoms. The molecule has 5 heteroatoms. The van der Waals surface area contributed by atoms with Crippen molar-refractivity contribution in [2.45, 2.75) is 76.7 Å². The fourth-order valence-corrected chi connectivity index (χ4v) is 4.59. The summed E-state index contributed by atoms with van der Waals surface area (Å²) >= 11 is 0. The van der Waals surface area contributed by atoms with Gasteiger partial charge in [0, 0.05) is 19.6 Å². The summed E-state index contributed by atoms with van der Waals surface area (Å²) in [6.45, 7) is 2.45. The maximum absolute atomic E-state index is 12.7. The number of rotatable bonds is 1. The minimum atomic E-state index is -0.350. The highest BCUT2D eigenvalue weighted by Crippen LogP contribution is 2.42. The van der Waals surface area contributed by atoms with Crippen LogP contribution in [0.2, 0.25) is 0 Å². The third-order valence-corrected chi connectivity index (χ3v) is 5.95. The number of amides is 3. The average Bonchev–Trinajstić information content (AvgIpc) is 2.89. The molecular formula is C18H31N3O2. The van der Waals surface area contributed by atoms with Gasteiger partial charge >= 0.3 is 6.03 Å². The molecule has 0 aromatic carbocycles. The van der Waals surface area contributed by atoms with Crippen molar-refractivity contribution in [2.24, 2.45) is 5.41 Å². The minimum absolute atomic E-state index is 0.0166. The van der Waals surface area contributed by atoms with Crippen LogP contribution in [0.3, 0.4) is 0 Å². The zero-order chi connectivity index (χ0) is 16.1. The smallest absolute Gasteiger partial charge is 0.318 e. The molecule has 3 aliphatic rings. The first kappa shape index (κ1) is 16.6. The molecule has 5 nitrogen and oxygen atoms in total. The number of hydrogen-bond acceptors (Lipinski definition) is 2. The Bertz CT molecular complexity index is 430. The monoisotopic (exact) mass is 321 g/mol. The SMILES string of the molecule is O=C1NCCCC[C@H]1NC(=O)N1CCCC2(CCCCCC2)C1. The summed E-state index contributed by atoms with van der Waals surface area (Å²) in [5.74, 6) is -0.0166. The maximum Gasteiger partial charge on any atom is 0.318 e. The second kappa shape index (κ2) is 7.54. The first-order valence-corrected chi connectivity index (χ1v) is 9.52. The van der Waals surface area contributed by atoms with Gasteiger partial charge in [-0.1, -0.05) is 25.7 Å². The van der Waals surface area contributed by atoms with Crippen molar-refractivity contribution in [3.05, 3.63) is 0 Å². The van der Waals surface area contributed by atoms with Crippen LogP contribution in [0.25, 0.3) is 0 Å². The highest BCUT2D eigenvalue weighted by molar-refractivity contribution is 5.87.